The average Bonchev–Trinajstić information content (AvgIpc) is 3.17. The van der Waals surface area contributed by atoms with Crippen LogP contribution >= 0.6 is 11.3 Å². The molecule has 1 aromatic heterocycles. The van der Waals surface area contributed by atoms with E-state index in [0.717, 1.165) is 15.8 Å². The minimum atomic E-state index is -0.222. The molecule has 0 atom stereocenters. The highest BCUT2D eigenvalue weighted by Crippen LogP contribution is 2.32. The van der Waals surface area contributed by atoms with E-state index in [2.05, 4.69) is 60.5 Å². The Morgan fingerprint density at radius 2 is 1.67 bits per heavy atom. The van der Waals surface area contributed by atoms with E-state index >= 15 is 0 Å². The van der Waals surface area contributed by atoms with Crippen LogP contribution in [0.1, 0.15) is 30.5 Å². The zero-order chi connectivity index (χ0) is 21.1. The molecule has 4 nitrogen and oxygen atoms in total. The monoisotopic (exact) mass is 416 g/mol. The van der Waals surface area contributed by atoms with Crippen LogP contribution in [-0.2, 0) is 10.2 Å². The fraction of sp³-hybridized carbons (Fsp3) is 0.200. The lowest BCUT2D eigenvalue weighted by Crippen LogP contribution is -2.20. The molecule has 1 heterocycles. The number of ether oxygens (including phenoxy) is 1. The normalized spacial score (nSPS) is 11.4. The van der Waals surface area contributed by atoms with Crippen molar-refractivity contribution in [3.8, 4) is 5.75 Å². The van der Waals surface area contributed by atoms with Crippen molar-refractivity contribution in [3.05, 3.63) is 89.5 Å². The molecule has 0 saturated heterocycles. The maximum atomic E-state index is 12.3. The minimum Gasteiger partial charge on any atom is -0.484 e. The number of aryl methyl sites for hydroxylation is 1. The summed E-state index contributed by atoms with van der Waals surface area (Å²) in [5.41, 5.74) is 4.36. The van der Waals surface area contributed by atoms with E-state index in [4.69, 9.17) is 4.74 Å². The highest BCUT2D eigenvalue weighted by atomic mass is 32.1. The van der Waals surface area contributed by atoms with Crippen LogP contribution in [0.2, 0.25) is 0 Å². The number of carbonyl (C=O) groups is 1. The highest BCUT2D eigenvalue weighted by molar-refractivity contribution is 7.22. The van der Waals surface area contributed by atoms with Gasteiger partial charge in [0.15, 0.2) is 11.7 Å². The first-order valence-corrected chi connectivity index (χ1v) is 10.7. The summed E-state index contributed by atoms with van der Waals surface area (Å²) in [7, 11) is 0. The van der Waals surface area contributed by atoms with Crippen LogP contribution in [0, 0.1) is 6.92 Å². The van der Waals surface area contributed by atoms with Gasteiger partial charge in [-0.1, -0.05) is 79.8 Å². The van der Waals surface area contributed by atoms with Crippen LogP contribution in [0.4, 0.5) is 5.13 Å². The summed E-state index contributed by atoms with van der Waals surface area (Å²) in [5.74, 6) is 0.443. The lowest BCUT2D eigenvalue weighted by Gasteiger charge is -2.26. The first-order valence-electron chi connectivity index (χ1n) is 9.88. The number of rotatable bonds is 6. The molecular weight excluding hydrogens is 392 g/mol. The number of carbonyl (C=O) groups excluding carboxylic acids is 1. The van der Waals surface area contributed by atoms with Crippen LogP contribution in [0.25, 0.3) is 10.2 Å². The Morgan fingerprint density at radius 3 is 2.37 bits per heavy atom. The third kappa shape index (κ3) is 4.21. The molecule has 0 bridgehead atoms. The topological polar surface area (TPSA) is 51.2 Å². The van der Waals surface area contributed by atoms with Gasteiger partial charge < -0.3 is 4.74 Å². The Bertz CT molecular complexity index is 1160. The van der Waals surface area contributed by atoms with Gasteiger partial charge in [-0.3, -0.25) is 10.1 Å². The zero-order valence-corrected chi connectivity index (χ0v) is 18.1. The van der Waals surface area contributed by atoms with Crippen molar-refractivity contribution in [3.63, 3.8) is 0 Å². The second kappa shape index (κ2) is 8.28. The third-order valence-corrected chi connectivity index (χ3v) is 6.24. The van der Waals surface area contributed by atoms with Crippen LogP contribution in [0.15, 0.2) is 72.8 Å². The number of amides is 1. The first-order chi connectivity index (χ1) is 14.4. The van der Waals surface area contributed by atoms with Crippen molar-refractivity contribution in [2.24, 2.45) is 0 Å². The number of fused-ring (bicyclic) bond motifs is 1. The molecule has 0 unspecified atom stereocenters. The fourth-order valence-corrected chi connectivity index (χ4v) is 4.39. The number of hydrogen-bond acceptors (Lipinski definition) is 4. The number of nitrogens with zero attached hydrogens (tertiary/aromatic N) is 1. The Balaban J connectivity index is 1.37. The Morgan fingerprint density at radius 1 is 0.967 bits per heavy atom. The van der Waals surface area contributed by atoms with Crippen LogP contribution in [0.3, 0.4) is 0 Å². The van der Waals surface area contributed by atoms with Crippen LogP contribution in [-0.4, -0.2) is 17.5 Å². The first kappa shape index (κ1) is 20.1. The molecular formula is C25H24N2O2S. The summed E-state index contributed by atoms with van der Waals surface area (Å²) in [4.78, 5) is 16.8. The Hall–Kier alpha value is -3.18. The highest BCUT2D eigenvalue weighted by Gasteiger charge is 2.22. The van der Waals surface area contributed by atoms with Crippen molar-refractivity contribution < 1.29 is 9.53 Å². The molecule has 5 heteroatoms. The molecule has 4 aromatic rings. The molecule has 1 amide bonds. The van der Waals surface area contributed by atoms with E-state index in [9.17, 15) is 4.79 Å². The van der Waals surface area contributed by atoms with Crippen LogP contribution < -0.4 is 10.1 Å². The van der Waals surface area contributed by atoms with Gasteiger partial charge in [0.05, 0.1) is 10.2 Å². The number of aromatic nitrogens is 1. The number of hydrogen-bond donors (Lipinski definition) is 1. The molecule has 3 aromatic carbocycles. The summed E-state index contributed by atoms with van der Waals surface area (Å²) in [6.07, 6.45) is 0. The molecule has 0 aliphatic carbocycles. The zero-order valence-electron chi connectivity index (χ0n) is 17.3. The van der Waals surface area contributed by atoms with E-state index in [1.807, 2.05) is 43.3 Å². The molecule has 4 rings (SSSR count). The van der Waals surface area contributed by atoms with Gasteiger partial charge in [0, 0.05) is 5.41 Å². The average molecular weight is 417 g/mol. The lowest BCUT2D eigenvalue weighted by atomic mass is 9.78. The largest absolute Gasteiger partial charge is 0.484 e. The molecule has 0 radical (unpaired) electrons. The Labute approximate surface area is 180 Å². The summed E-state index contributed by atoms with van der Waals surface area (Å²) in [6, 6.07) is 24.3. The van der Waals surface area contributed by atoms with Gasteiger partial charge in [-0.2, -0.15) is 0 Å². The number of benzene rings is 3. The number of para-hydroxylation sites is 1. The fourth-order valence-electron chi connectivity index (χ4n) is 3.43. The van der Waals surface area contributed by atoms with Gasteiger partial charge >= 0.3 is 0 Å². The van der Waals surface area contributed by atoms with Crippen molar-refractivity contribution in [1.82, 2.24) is 4.98 Å². The van der Waals surface area contributed by atoms with Gasteiger partial charge in [0.2, 0.25) is 0 Å². The quantitative estimate of drug-likeness (QED) is 0.423. The summed E-state index contributed by atoms with van der Waals surface area (Å²) < 4.78 is 6.73. The van der Waals surface area contributed by atoms with Crippen molar-refractivity contribution in [1.29, 1.82) is 0 Å². The summed E-state index contributed by atoms with van der Waals surface area (Å²) >= 11 is 1.47. The van der Waals surface area contributed by atoms with Crippen LogP contribution in [0.5, 0.6) is 5.75 Å². The molecule has 0 aliphatic heterocycles. The molecule has 0 aliphatic rings. The second-order valence-electron chi connectivity index (χ2n) is 7.79. The summed E-state index contributed by atoms with van der Waals surface area (Å²) in [6.45, 7) is 6.35. The number of thiazole rings is 1. The SMILES string of the molecule is Cc1cccc2sc(NC(=O)COc3ccc(C(C)(C)c4ccccc4)cc3)nc12. The van der Waals surface area contributed by atoms with Gasteiger partial charge in [0.1, 0.15) is 5.75 Å². The van der Waals surface area contributed by atoms with E-state index in [0.29, 0.717) is 10.9 Å². The molecule has 0 spiro atoms. The molecule has 0 fully saturated rings. The molecule has 1 N–H and O–H groups in total. The van der Waals surface area contributed by atoms with Crippen molar-refractivity contribution in [2.45, 2.75) is 26.2 Å². The predicted molar refractivity (Wildman–Crippen MR) is 123 cm³/mol. The van der Waals surface area contributed by atoms with Crippen molar-refractivity contribution >= 4 is 32.6 Å². The Kier molecular flexibility index (Phi) is 5.55. The number of anilines is 1. The van der Waals surface area contributed by atoms with Crippen molar-refractivity contribution in [2.75, 3.05) is 11.9 Å². The second-order valence-corrected chi connectivity index (χ2v) is 8.82. The predicted octanol–water partition coefficient (Wildman–Crippen LogP) is 5.95. The van der Waals surface area contributed by atoms with E-state index in [1.54, 1.807) is 0 Å². The minimum absolute atomic E-state index is 0.0592. The molecule has 0 saturated carbocycles. The van der Waals surface area contributed by atoms with Gasteiger partial charge in [-0.15, -0.1) is 0 Å². The maximum absolute atomic E-state index is 12.3. The van der Waals surface area contributed by atoms with Gasteiger partial charge in [-0.25, -0.2) is 4.98 Å². The standard InChI is InChI=1S/C25H24N2O2S/c1-17-8-7-11-21-23(17)27-24(30-21)26-22(28)16-29-20-14-12-19(13-15-20)25(2,3)18-9-5-4-6-10-18/h4-15H,16H2,1-3H3,(H,26,27,28). The van der Waals surface area contributed by atoms with E-state index < -0.39 is 0 Å². The van der Waals surface area contributed by atoms with E-state index in [1.165, 1.54) is 22.5 Å². The molecule has 30 heavy (non-hydrogen) atoms. The molecule has 152 valence electrons. The lowest BCUT2D eigenvalue weighted by molar-refractivity contribution is -0.118. The van der Waals surface area contributed by atoms with Gasteiger partial charge in [-0.05, 0) is 41.8 Å². The van der Waals surface area contributed by atoms with Gasteiger partial charge in [0.25, 0.3) is 5.91 Å². The third-order valence-electron chi connectivity index (χ3n) is 5.31. The maximum Gasteiger partial charge on any atom is 0.264 e. The summed E-state index contributed by atoms with van der Waals surface area (Å²) in [5, 5.41) is 3.42. The van der Waals surface area contributed by atoms with E-state index in [-0.39, 0.29) is 17.9 Å². The number of nitrogens with one attached hydrogen (secondary N) is 1. The smallest absolute Gasteiger partial charge is 0.264 e.